The molecule has 1 fully saturated rings. The largest absolute Gasteiger partial charge is 0.463 e. The van der Waals surface area contributed by atoms with E-state index in [1.165, 1.54) is 19.1 Å². The smallest absolute Gasteiger partial charge is 0.259 e. The summed E-state index contributed by atoms with van der Waals surface area (Å²) in [5, 5.41) is 6.60. The molecule has 0 unspecified atom stereocenters. The molecule has 18 heavy (non-hydrogen) atoms. The number of amides is 1. The molecular formula is C12H13N3O3. The molecule has 0 atom stereocenters. The molecule has 6 heteroatoms. The first-order chi connectivity index (χ1) is 8.75. The molecule has 3 N–H and O–H groups in total. The second-order valence-electron chi connectivity index (χ2n) is 4.40. The van der Waals surface area contributed by atoms with Crippen molar-refractivity contribution in [2.24, 2.45) is 5.92 Å². The maximum atomic E-state index is 12.0. The number of nitrogens with one attached hydrogen (secondary N) is 1. The van der Waals surface area contributed by atoms with Crippen molar-refractivity contribution in [2.45, 2.75) is 12.8 Å². The van der Waals surface area contributed by atoms with Crippen LogP contribution in [-0.2, 0) is 0 Å². The van der Waals surface area contributed by atoms with Crippen molar-refractivity contribution in [2.75, 3.05) is 12.3 Å². The number of rotatable bonds is 4. The van der Waals surface area contributed by atoms with Crippen LogP contribution < -0.4 is 11.1 Å². The van der Waals surface area contributed by atoms with E-state index in [1.807, 2.05) is 0 Å². The second kappa shape index (κ2) is 4.21. The van der Waals surface area contributed by atoms with Gasteiger partial charge in [0.15, 0.2) is 11.5 Å². The molecule has 2 aromatic heterocycles. The van der Waals surface area contributed by atoms with E-state index >= 15 is 0 Å². The molecule has 0 aromatic carbocycles. The third kappa shape index (κ3) is 1.97. The first-order valence-electron chi connectivity index (χ1n) is 5.83. The topological polar surface area (TPSA) is 94.3 Å². The fraction of sp³-hybridized carbons (Fsp3) is 0.333. The molecule has 0 saturated heterocycles. The standard InChI is InChI=1S/C12H13N3O3/c13-11-9(12(16)14-6-7-3-4-7)10(15-18-11)8-2-1-5-17-8/h1-2,5,7H,3-4,6,13H2,(H,14,16). The molecule has 1 amide bonds. The van der Waals surface area contributed by atoms with Gasteiger partial charge in [-0.25, -0.2) is 0 Å². The molecule has 1 aliphatic rings. The third-order valence-electron chi connectivity index (χ3n) is 2.95. The number of carbonyl (C=O) groups is 1. The summed E-state index contributed by atoms with van der Waals surface area (Å²) in [6, 6.07) is 3.42. The predicted molar refractivity (Wildman–Crippen MR) is 63.7 cm³/mol. The summed E-state index contributed by atoms with van der Waals surface area (Å²) in [6.45, 7) is 0.668. The van der Waals surface area contributed by atoms with Gasteiger partial charge >= 0.3 is 0 Å². The van der Waals surface area contributed by atoms with Crippen molar-refractivity contribution in [3.8, 4) is 11.5 Å². The Kier molecular flexibility index (Phi) is 2.55. The Morgan fingerprint density at radius 3 is 3.06 bits per heavy atom. The number of aromatic nitrogens is 1. The van der Waals surface area contributed by atoms with Crippen LogP contribution in [0.1, 0.15) is 23.2 Å². The van der Waals surface area contributed by atoms with E-state index in [2.05, 4.69) is 10.5 Å². The quantitative estimate of drug-likeness (QED) is 0.856. The molecule has 0 aliphatic heterocycles. The number of carbonyl (C=O) groups excluding carboxylic acids is 1. The minimum Gasteiger partial charge on any atom is -0.463 e. The van der Waals surface area contributed by atoms with E-state index in [0.717, 1.165) is 0 Å². The van der Waals surface area contributed by atoms with Gasteiger partial charge in [0.2, 0.25) is 5.88 Å². The van der Waals surface area contributed by atoms with Crippen molar-refractivity contribution in [1.82, 2.24) is 10.5 Å². The Morgan fingerprint density at radius 2 is 2.39 bits per heavy atom. The summed E-state index contributed by atoms with van der Waals surface area (Å²) in [5.41, 5.74) is 6.22. The molecule has 0 spiro atoms. The number of nitrogens with zero attached hydrogens (tertiary/aromatic N) is 1. The maximum absolute atomic E-state index is 12.0. The van der Waals surface area contributed by atoms with Crippen molar-refractivity contribution in [3.63, 3.8) is 0 Å². The van der Waals surface area contributed by atoms with Crippen LogP contribution in [0.3, 0.4) is 0 Å². The summed E-state index contributed by atoms with van der Waals surface area (Å²) in [5.74, 6) is 0.802. The van der Waals surface area contributed by atoms with E-state index in [1.54, 1.807) is 12.1 Å². The van der Waals surface area contributed by atoms with Crippen molar-refractivity contribution in [1.29, 1.82) is 0 Å². The molecule has 1 aliphatic carbocycles. The number of furan rings is 1. The van der Waals surface area contributed by atoms with Gasteiger partial charge in [0, 0.05) is 6.54 Å². The minimum absolute atomic E-state index is 0.00898. The lowest BCUT2D eigenvalue weighted by Gasteiger charge is -2.03. The monoisotopic (exact) mass is 247 g/mol. The Bertz CT molecular complexity index is 555. The van der Waals surface area contributed by atoms with Crippen molar-refractivity contribution >= 4 is 11.8 Å². The molecule has 6 nitrogen and oxygen atoms in total. The minimum atomic E-state index is -0.271. The van der Waals surface area contributed by atoms with Gasteiger partial charge in [0.05, 0.1) is 6.26 Å². The highest BCUT2D eigenvalue weighted by Crippen LogP contribution is 2.29. The summed E-state index contributed by atoms with van der Waals surface area (Å²) >= 11 is 0. The zero-order valence-electron chi connectivity index (χ0n) is 9.68. The number of hydrogen-bond donors (Lipinski definition) is 2. The van der Waals surface area contributed by atoms with Gasteiger partial charge < -0.3 is 20.0 Å². The van der Waals surface area contributed by atoms with E-state index < -0.39 is 0 Å². The average molecular weight is 247 g/mol. The van der Waals surface area contributed by atoms with Crippen LogP contribution in [0.25, 0.3) is 11.5 Å². The lowest BCUT2D eigenvalue weighted by Crippen LogP contribution is -2.26. The number of nitrogen functional groups attached to an aromatic ring is 1. The fourth-order valence-electron chi connectivity index (χ4n) is 1.75. The van der Waals surface area contributed by atoms with E-state index in [4.69, 9.17) is 14.7 Å². The van der Waals surface area contributed by atoms with Gasteiger partial charge in [-0.3, -0.25) is 4.79 Å². The number of hydrogen-bond acceptors (Lipinski definition) is 5. The van der Waals surface area contributed by atoms with Crippen LogP contribution in [0.2, 0.25) is 0 Å². The molecule has 3 rings (SSSR count). The Hall–Kier alpha value is -2.24. The SMILES string of the molecule is Nc1onc(-c2ccco2)c1C(=O)NCC1CC1. The Balaban J connectivity index is 1.85. The molecule has 1 saturated carbocycles. The van der Waals surface area contributed by atoms with Crippen molar-refractivity contribution in [3.05, 3.63) is 24.0 Å². The van der Waals surface area contributed by atoms with Gasteiger partial charge in [-0.15, -0.1) is 0 Å². The van der Waals surface area contributed by atoms with Gasteiger partial charge in [-0.2, -0.15) is 0 Å². The number of anilines is 1. The summed E-state index contributed by atoms with van der Waals surface area (Å²) in [7, 11) is 0. The van der Waals surface area contributed by atoms with Gasteiger partial charge in [0.25, 0.3) is 5.91 Å². The highest BCUT2D eigenvalue weighted by molar-refractivity contribution is 6.03. The van der Waals surface area contributed by atoms with Crippen molar-refractivity contribution < 1.29 is 13.7 Å². The molecule has 2 aromatic rings. The molecule has 0 radical (unpaired) electrons. The van der Waals surface area contributed by atoms with Gasteiger partial charge in [-0.1, -0.05) is 5.16 Å². The third-order valence-corrected chi connectivity index (χ3v) is 2.95. The van der Waals surface area contributed by atoms with Crippen LogP contribution >= 0.6 is 0 Å². The molecule has 0 bridgehead atoms. The van der Waals surface area contributed by atoms with Crippen LogP contribution in [0.15, 0.2) is 27.3 Å². The molecular weight excluding hydrogens is 234 g/mol. The zero-order chi connectivity index (χ0) is 12.5. The van der Waals surface area contributed by atoms with E-state index in [9.17, 15) is 4.79 Å². The number of nitrogens with two attached hydrogens (primary N) is 1. The lowest BCUT2D eigenvalue weighted by atomic mass is 10.2. The van der Waals surface area contributed by atoms with Crippen LogP contribution in [0, 0.1) is 5.92 Å². The predicted octanol–water partition coefficient (Wildman–Crippen LogP) is 1.66. The Morgan fingerprint density at radius 1 is 1.56 bits per heavy atom. The average Bonchev–Trinajstić information content (AvgIpc) is 2.87. The second-order valence-corrected chi connectivity index (χ2v) is 4.40. The van der Waals surface area contributed by atoms with Crippen LogP contribution in [-0.4, -0.2) is 17.6 Å². The van der Waals surface area contributed by atoms with Gasteiger partial charge in [0.1, 0.15) is 5.56 Å². The summed E-state index contributed by atoms with van der Waals surface area (Å²) in [4.78, 5) is 12.0. The zero-order valence-corrected chi connectivity index (χ0v) is 9.68. The lowest BCUT2D eigenvalue weighted by molar-refractivity contribution is 0.0952. The normalized spacial score (nSPS) is 14.7. The highest BCUT2D eigenvalue weighted by Gasteiger charge is 2.26. The maximum Gasteiger partial charge on any atom is 0.259 e. The van der Waals surface area contributed by atoms with E-state index in [-0.39, 0.29) is 17.4 Å². The first-order valence-corrected chi connectivity index (χ1v) is 5.83. The van der Waals surface area contributed by atoms with Gasteiger partial charge in [-0.05, 0) is 30.9 Å². The highest BCUT2D eigenvalue weighted by atomic mass is 16.5. The molecule has 2 heterocycles. The summed E-state index contributed by atoms with van der Waals surface area (Å²) < 4.78 is 10.1. The van der Waals surface area contributed by atoms with Crippen LogP contribution in [0.5, 0.6) is 0 Å². The van der Waals surface area contributed by atoms with E-state index in [0.29, 0.717) is 23.9 Å². The summed E-state index contributed by atoms with van der Waals surface area (Å²) in [6.07, 6.45) is 3.85. The fourth-order valence-corrected chi connectivity index (χ4v) is 1.75. The first kappa shape index (κ1) is 10.9. The van der Waals surface area contributed by atoms with Crippen LogP contribution in [0.4, 0.5) is 5.88 Å². The Labute approximate surface area is 103 Å². The molecule has 94 valence electrons.